The molecule has 2 aromatic heterocycles. The summed E-state index contributed by atoms with van der Waals surface area (Å²) >= 11 is 6.27. The minimum atomic E-state index is -0.604. The van der Waals surface area contributed by atoms with Crippen LogP contribution in [0.2, 0.25) is 5.02 Å². The first-order chi connectivity index (χ1) is 17.8. The van der Waals surface area contributed by atoms with E-state index >= 15 is 4.39 Å². The van der Waals surface area contributed by atoms with E-state index in [1.807, 2.05) is 12.3 Å². The summed E-state index contributed by atoms with van der Waals surface area (Å²) in [4.78, 5) is 22.5. The van der Waals surface area contributed by atoms with Crippen molar-refractivity contribution in [2.24, 2.45) is 10.5 Å². The van der Waals surface area contributed by atoms with Crippen LogP contribution in [0.1, 0.15) is 55.5 Å². The van der Waals surface area contributed by atoms with E-state index in [2.05, 4.69) is 22.0 Å². The summed E-state index contributed by atoms with van der Waals surface area (Å²) < 4.78 is 22.8. The topological polar surface area (TPSA) is 95.9 Å². The lowest BCUT2D eigenvalue weighted by Gasteiger charge is -2.38. The number of hydrazone groups is 1. The maximum atomic E-state index is 15.2. The second-order valence-electron chi connectivity index (χ2n) is 10.5. The molecule has 3 aliphatic rings. The van der Waals surface area contributed by atoms with Crippen LogP contribution in [0.5, 0.6) is 0 Å². The lowest BCUT2D eigenvalue weighted by atomic mass is 9.78. The van der Waals surface area contributed by atoms with Gasteiger partial charge in [0.15, 0.2) is 5.65 Å². The van der Waals surface area contributed by atoms with Crippen molar-refractivity contribution in [2.75, 3.05) is 13.2 Å². The number of aromatic nitrogens is 3. The SMILES string of the molecule is Cc1nc2c(-c3ccc(C#N)cc3F)nc(C3CCOC(C4(C)C=NN(C5CC5)C4)C3)cn2c(=O)c1Cl. The molecule has 1 aromatic carbocycles. The zero-order valence-electron chi connectivity index (χ0n) is 20.6. The lowest BCUT2D eigenvalue weighted by Crippen LogP contribution is -2.43. The van der Waals surface area contributed by atoms with E-state index in [9.17, 15) is 4.79 Å². The number of ether oxygens (including phenoxy) is 1. The molecule has 3 aromatic rings. The molecule has 2 aliphatic heterocycles. The van der Waals surface area contributed by atoms with Gasteiger partial charge in [-0.3, -0.25) is 14.2 Å². The van der Waals surface area contributed by atoms with Crippen molar-refractivity contribution < 1.29 is 9.13 Å². The standard InChI is InChI=1S/C27H26ClFN6O2/c1-15-23(28)26(36)34-12-21(33-24(25(34)32-15)19-6-3-16(11-30)9-20(19)29)17-7-8-37-22(10-17)27(2)13-31-35(14-27)18-4-5-18/h3,6,9,12-13,17-18,22H,4-5,7-8,10,14H2,1-2H3. The number of hydrogen-bond acceptors (Lipinski definition) is 7. The number of rotatable bonds is 4. The summed E-state index contributed by atoms with van der Waals surface area (Å²) in [7, 11) is 0. The van der Waals surface area contributed by atoms with Gasteiger partial charge < -0.3 is 4.74 Å². The number of benzene rings is 1. The Kier molecular flexibility index (Phi) is 5.77. The maximum Gasteiger partial charge on any atom is 0.277 e. The molecule has 0 radical (unpaired) electrons. The predicted octanol–water partition coefficient (Wildman–Crippen LogP) is 4.46. The Morgan fingerprint density at radius 2 is 2.08 bits per heavy atom. The summed E-state index contributed by atoms with van der Waals surface area (Å²) in [5.74, 6) is -0.623. The van der Waals surface area contributed by atoms with E-state index in [-0.39, 0.29) is 44.9 Å². The molecule has 1 aliphatic carbocycles. The van der Waals surface area contributed by atoms with Crippen molar-refractivity contribution in [3.8, 4) is 17.3 Å². The van der Waals surface area contributed by atoms with Crippen LogP contribution in [-0.2, 0) is 4.74 Å². The molecule has 10 heteroatoms. The first kappa shape index (κ1) is 24.0. The van der Waals surface area contributed by atoms with E-state index in [4.69, 9.17) is 26.6 Å². The highest BCUT2D eigenvalue weighted by Gasteiger charge is 2.45. The molecule has 4 heterocycles. The first-order valence-corrected chi connectivity index (χ1v) is 12.9. The molecule has 0 bridgehead atoms. The Hall–Kier alpha value is -3.35. The molecule has 0 N–H and O–H groups in total. The molecular weight excluding hydrogens is 495 g/mol. The molecule has 3 atom stereocenters. The average Bonchev–Trinajstić information content (AvgIpc) is 3.68. The van der Waals surface area contributed by atoms with Gasteiger partial charge in [0.05, 0.1) is 29.1 Å². The van der Waals surface area contributed by atoms with Gasteiger partial charge in [-0.2, -0.15) is 10.4 Å². The fourth-order valence-electron chi connectivity index (χ4n) is 5.34. The molecule has 1 saturated heterocycles. The second-order valence-corrected chi connectivity index (χ2v) is 10.9. The van der Waals surface area contributed by atoms with Gasteiger partial charge in [0.25, 0.3) is 5.56 Å². The van der Waals surface area contributed by atoms with Gasteiger partial charge in [-0.1, -0.05) is 18.5 Å². The van der Waals surface area contributed by atoms with Gasteiger partial charge in [-0.25, -0.2) is 14.4 Å². The maximum absolute atomic E-state index is 15.2. The van der Waals surface area contributed by atoms with Crippen LogP contribution in [0.25, 0.3) is 16.9 Å². The average molecular weight is 521 g/mol. The van der Waals surface area contributed by atoms with Gasteiger partial charge in [0.1, 0.15) is 16.5 Å². The third-order valence-corrected chi connectivity index (χ3v) is 8.14. The molecule has 190 valence electrons. The normalized spacial score (nSPS) is 25.5. The number of hydrogen-bond donors (Lipinski definition) is 0. The number of halogens is 2. The van der Waals surface area contributed by atoms with Gasteiger partial charge in [0.2, 0.25) is 0 Å². The molecule has 0 spiro atoms. The highest BCUT2D eigenvalue weighted by atomic mass is 35.5. The number of fused-ring (bicyclic) bond motifs is 1. The minimum absolute atomic E-state index is 0.0144. The van der Waals surface area contributed by atoms with E-state index in [1.165, 1.54) is 29.4 Å². The van der Waals surface area contributed by atoms with Crippen LogP contribution in [-0.4, -0.2) is 50.9 Å². The van der Waals surface area contributed by atoms with Crippen molar-refractivity contribution in [2.45, 2.75) is 57.6 Å². The molecule has 3 unspecified atom stereocenters. The van der Waals surface area contributed by atoms with Crippen LogP contribution in [0, 0.1) is 29.5 Å². The van der Waals surface area contributed by atoms with E-state index < -0.39 is 11.4 Å². The highest BCUT2D eigenvalue weighted by Crippen LogP contribution is 2.42. The van der Waals surface area contributed by atoms with Crippen molar-refractivity contribution in [3.63, 3.8) is 0 Å². The van der Waals surface area contributed by atoms with Gasteiger partial charge in [0, 0.05) is 48.5 Å². The monoisotopic (exact) mass is 520 g/mol. The molecule has 8 nitrogen and oxygen atoms in total. The third kappa shape index (κ3) is 4.18. The molecule has 6 rings (SSSR count). The van der Waals surface area contributed by atoms with Crippen LogP contribution in [0.15, 0.2) is 34.3 Å². The minimum Gasteiger partial charge on any atom is -0.377 e. The molecule has 1 saturated carbocycles. The third-order valence-electron chi connectivity index (χ3n) is 7.70. The Morgan fingerprint density at radius 3 is 2.81 bits per heavy atom. The summed E-state index contributed by atoms with van der Waals surface area (Å²) in [5.41, 5.74) is 1.18. The zero-order valence-corrected chi connectivity index (χ0v) is 21.4. The Labute approximate surface area is 218 Å². The fourth-order valence-corrected chi connectivity index (χ4v) is 5.48. The number of aryl methyl sites for hydroxylation is 1. The Bertz CT molecular complexity index is 1540. The molecule has 0 amide bonds. The first-order valence-electron chi connectivity index (χ1n) is 12.5. The molecule has 37 heavy (non-hydrogen) atoms. The van der Waals surface area contributed by atoms with E-state index in [0.29, 0.717) is 36.9 Å². The van der Waals surface area contributed by atoms with Gasteiger partial charge in [-0.05, 0) is 50.8 Å². The van der Waals surface area contributed by atoms with Crippen LogP contribution >= 0.6 is 11.6 Å². The van der Waals surface area contributed by atoms with E-state index in [0.717, 1.165) is 12.6 Å². The Balaban J connectivity index is 1.43. The largest absolute Gasteiger partial charge is 0.377 e. The summed E-state index contributed by atoms with van der Waals surface area (Å²) in [6.45, 7) is 5.17. The summed E-state index contributed by atoms with van der Waals surface area (Å²) in [6, 6.07) is 6.68. The van der Waals surface area contributed by atoms with Crippen molar-refractivity contribution in [1.29, 1.82) is 5.26 Å². The summed E-state index contributed by atoms with van der Waals surface area (Å²) in [5, 5.41) is 16.0. The molecular formula is C27H26ClFN6O2. The predicted molar refractivity (Wildman–Crippen MR) is 137 cm³/mol. The second kappa shape index (κ2) is 8.89. The lowest BCUT2D eigenvalue weighted by molar-refractivity contribution is -0.0461. The number of nitriles is 1. The fraction of sp³-hybridized carbons (Fsp3) is 0.444. The van der Waals surface area contributed by atoms with Crippen molar-refractivity contribution in [1.82, 2.24) is 19.4 Å². The zero-order chi connectivity index (χ0) is 25.9. The van der Waals surface area contributed by atoms with Crippen LogP contribution in [0.3, 0.4) is 0 Å². The number of nitrogens with zero attached hydrogens (tertiary/aromatic N) is 6. The van der Waals surface area contributed by atoms with Crippen LogP contribution in [0.4, 0.5) is 4.39 Å². The van der Waals surface area contributed by atoms with Crippen molar-refractivity contribution >= 4 is 23.5 Å². The van der Waals surface area contributed by atoms with Gasteiger partial charge >= 0.3 is 0 Å². The van der Waals surface area contributed by atoms with E-state index in [1.54, 1.807) is 13.1 Å². The highest BCUT2D eigenvalue weighted by molar-refractivity contribution is 6.31. The summed E-state index contributed by atoms with van der Waals surface area (Å²) in [6.07, 6.45) is 7.39. The molecule has 2 fully saturated rings. The quantitative estimate of drug-likeness (QED) is 0.504. The smallest absolute Gasteiger partial charge is 0.277 e. The Morgan fingerprint density at radius 1 is 1.27 bits per heavy atom. The van der Waals surface area contributed by atoms with Gasteiger partial charge in [-0.15, -0.1) is 0 Å². The van der Waals surface area contributed by atoms with Crippen LogP contribution < -0.4 is 5.56 Å². The van der Waals surface area contributed by atoms with Crippen molar-refractivity contribution in [3.05, 3.63) is 62.5 Å².